The van der Waals surface area contributed by atoms with Crippen LogP contribution in [-0.4, -0.2) is 12.5 Å². The second kappa shape index (κ2) is 5.41. The Balaban J connectivity index is 2.15. The van der Waals surface area contributed by atoms with E-state index in [0.29, 0.717) is 12.1 Å². The zero-order chi connectivity index (χ0) is 15.9. The van der Waals surface area contributed by atoms with Gasteiger partial charge in [0.15, 0.2) is 0 Å². The third kappa shape index (κ3) is 2.33. The molecule has 0 spiro atoms. The summed E-state index contributed by atoms with van der Waals surface area (Å²) in [4.78, 5) is 14.6. The van der Waals surface area contributed by atoms with Crippen LogP contribution in [0.25, 0.3) is 0 Å². The molecule has 1 atom stereocenters. The van der Waals surface area contributed by atoms with Crippen molar-refractivity contribution in [2.45, 2.75) is 19.8 Å². The smallest absolute Gasteiger partial charge is 0.258 e. The third-order valence-corrected chi connectivity index (χ3v) is 4.23. The molecule has 2 nitrogen and oxygen atoms in total. The normalized spacial score (nSPS) is 17.3. The number of rotatable bonds is 2. The number of hydrogen-bond donors (Lipinski definition) is 0. The summed E-state index contributed by atoms with van der Waals surface area (Å²) in [6.45, 7) is 8.50. The molecule has 112 valence electrons. The van der Waals surface area contributed by atoms with Crippen molar-refractivity contribution in [3.05, 3.63) is 77.1 Å². The van der Waals surface area contributed by atoms with Gasteiger partial charge in [0, 0.05) is 23.7 Å². The predicted octanol–water partition coefficient (Wildman–Crippen LogP) is 4.45. The molecule has 3 rings (SSSR count). The van der Waals surface area contributed by atoms with E-state index in [0.717, 1.165) is 22.4 Å². The van der Waals surface area contributed by atoms with Gasteiger partial charge >= 0.3 is 0 Å². The van der Waals surface area contributed by atoms with E-state index in [1.807, 2.05) is 38.1 Å². The first-order valence-electron chi connectivity index (χ1n) is 7.31. The second-order valence-electron chi connectivity index (χ2n) is 5.83. The summed E-state index contributed by atoms with van der Waals surface area (Å²) in [5, 5.41) is 0. The summed E-state index contributed by atoms with van der Waals surface area (Å²) in [5.41, 5.74) is 4.16. The zero-order valence-electron chi connectivity index (χ0n) is 12.8. The molecule has 1 aliphatic heterocycles. The summed E-state index contributed by atoms with van der Waals surface area (Å²) in [5.74, 6) is -0.520. The van der Waals surface area contributed by atoms with Crippen molar-refractivity contribution in [1.82, 2.24) is 0 Å². The van der Waals surface area contributed by atoms with Gasteiger partial charge in [-0.1, -0.05) is 36.4 Å². The maximum absolute atomic E-state index is 13.6. The van der Waals surface area contributed by atoms with Gasteiger partial charge in [-0.05, 0) is 43.2 Å². The van der Waals surface area contributed by atoms with E-state index in [1.165, 1.54) is 12.1 Å². The number of carbonyl (C=O) groups excluding carboxylic acids is 1. The first kappa shape index (κ1) is 14.5. The van der Waals surface area contributed by atoms with Crippen LogP contribution in [0.3, 0.4) is 0 Å². The fraction of sp³-hybridized carbons (Fsp3) is 0.211. The van der Waals surface area contributed by atoms with Crippen LogP contribution in [0.5, 0.6) is 0 Å². The van der Waals surface area contributed by atoms with Crippen LogP contribution in [-0.2, 0) is 0 Å². The molecule has 0 aromatic heterocycles. The average Bonchev–Trinajstić information content (AvgIpc) is 2.49. The molecule has 2 aromatic carbocycles. The topological polar surface area (TPSA) is 20.3 Å². The molecule has 1 aliphatic rings. The Hall–Kier alpha value is -2.42. The van der Waals surface area contributed by atoms with E-state index in [1.54, 1.807) is 11.0 Å². The minimum atomic E-state index is -0.390. The lowest BCUT2D eigenvalue weighted by molar-refractivity contribution is 0.0977. The molecule has 0 saturated heterocycles. The quantitative estimate of drug-likeness (QED) is 0.749. The lowest BCUT2D eigenvalue weighted by Crippen LogP contribution is -2.40. The SMILES string of the molecule is C=C(C)C1CN(c2ccccc2C)C(=O)c2cc(F)ccc21. The third-order valence-electron chi connectivity index (χ3n) is 4.23. The van der Waals surface area contributed by atoms with E-state index in [9.17, 15) is 9.18 Å². The standard InChI is InChI=1S/C19H18FNO/c1-12(2)17-11-21(18-7-5-4-6-13(18)3)19(22)16-10-14(20)8-9-15(16)17/h4-10,17H,1,11H2,2-3H3. The predicted molar refractivity (Wildman–Crippen MR) is 86.8 cm³/mol. The lowest BCUT2D eigenvalue weighted by Gasteiger charge is -2.35. The van der Waals surface area contributed by atoms with Crippen molar-refractivity contribution < 1.29 is 9.18 Å². The van der Waals surface area contributed by atoms with Crippen LogP contribution in [0.4, 0.5) is 10.1 Å². The van der Waals surface area contributed by atoms with Crippen molar-refractivity contribution in [3.8, 4) is 0 Å². The van der Waals surface area contributed by atoms with Gasteiger partial charge in [0.1, 0.15) is 5.82 Å². The van der Waals surface area contributed by atoms with Crippen molar-refractivity contribution in [1.29, 1.82) is 0 Å². The highest BCUT2D eigenvalue weighted by molar-refractivity contribution is 6.09. The largest absolute Gasteiger partial charge is 0.307 e. The molecule has 22 heavy (non-hydrogen) atoms. The Morgan fingerprint density at radius 2 is 2.00 bits per heavy atom. The molecule has 0 saturated carbocycles. The summed E-state index contributed by atoms with van der Waals surface area (Å²) in [6, 6.07) is 12.2. The Kier molecular flexibility index (Phi) is 3.57. The van der Waals surface area contributed by atoms with Crippen molar-refractivity contribution >= 4 is 11.6 Å². The highest BCUT2D eigenvalue weighted by atomic mass is 19.1. The van der Waals surface area contributed by atoms with E-state index >= 15 is 0 Å². The Bertz CT molecular complexity index is 766. The van der Waals surface area contributed by atoms with E-state index in [-0.39, 0.29) is 17.6 Å². The zero-order valence-corrected chi connectivity index (χ0v) is 12.8. The van der Waals surface area contributed by atoms with Crippen molar-refractivity contribution in [3.63, 3.8) is 0 Å². The van der Waals surface area contributed by atoms with Gasteiger partial charge in [0.2, 0.25) is 0 Å². The number of hydrogen-bond acceptors (Lipinski definition) is 1. The van der Waals surface area contributed by atoms with Crippen molar-refractivity contribution in [2.24, 2.45) is 0 Å². The number of benzene rings is 2. The van der Waals surface area contributed by atoms with Gasteiger partial charge in [0.25, 0.3) is 5.91 Å². The number of anilines is 1. The van der Waals surface area contributed by atoms with E-state index < -0.39 is 0 Å². The summed E-state index contributed by atoms with van der Waals surface area (Å²) >= 11 is 0. The maximum atomic E-state index is 13.6. The average molecular weight is 295 g/mol. The first-order chi connectivity index (χ1) is 10.5. The highest BCUT2D eigenvalue weighted by Gasteiger charge is 2.33. The minimum Gasteiger partial charge on any atom is -0.307 e. The van der Waals surface area contributed by atoms with Gasteiger partial charge in [-0.2, -0.15) is 0 Å². The molecule has 3 heteroatoms. The second-order valence-corrected chi connectivity index (χ2v) is 5.83. The fourth-order valence-corrected chi connectivity index (χ4v) is 3.02. The maximum Gasteiger partial charge on any atom is 0.258 e. The molecule has 1 unspecified atom stereocenters. The monoisotopic (exact) mass is 295 g/mol. The van der Waals surface area contributed by atoms with Crippen LogP contribution in [0.15, 0.2) is 54.6 Å². The molecule has 1 heterocycles. The van der Waals surface area contributed by atoms with Crippen LogP contribution in [0.1, 0.15) is 34.3 Å². The molecular weight excluding hydrogens is 277 g/mol. The molecule has 0 radical (unpaired) electrons. The Morgan fingerprint density at radius 1 is 1.27 bits per heavy atom. The van der Waals surface area contributed by atoms with Crippen LogP contribution >= 0.6 is 0 Å². The van der Waals surface area contributed by atoms with Crippen molar-refractivity contribution in [2.75, 3.05) is 11.4 Å². The Labute approximate surface area is 129 Å². The summed E-state index contributed by atoms with van der Waals surface area (Å²) < 4.78 is 13.6. The first-order valence-corrected chi connectivity index (χ1v) is 7.31. The number of aryl methyl sites for hydroxylation is 1. The van der Waals surface area contributed by atoms with Gasteiger partial charge in [0.05, 0.1) is 0 Å². The number of fused-ring (bicyclic) bond motifs is 1. The number of halogens is 1. The number of para-hydroxylation sites is 1. The van der Waals surface area contributed by atoms with E-state index in [4.69, 9.17) is 0 Å². The Morgan fingerprint density at radius 3 is 2.68 bits per heavy atom. The van der Waals surface area contributed by atoms with Gasteiger partial charge in [-0.15, -0.1) is 0 Å². The summed E-state index contributed by atoms with van der Waals surface area (Å²) in [6.07, 6.45) is 0. The van der Waals surface area contributed by atoms with Crippen LogP contribution < -0.4 is 4.90 Å². The number of amides is 1. The molecule has 0 aliphatic carbocycles. The molecule has 0 bridgehead atoms. The van der Waals surface area contributed by atoms with E-state index in [2.05, 4.69) is 6.58 Å². The van der Waals surface area contributed by atoms with Gasteiger partial charge in [-0.25, -0.2) is 4.39 Å². The molecule has 0 N–H and O–H groups in total. The molecule has 1 amide bonds. The molecule has 2 aromatic rings. The fourth-order valence-electron chi connectivity index (χ4n) is 3.02. The van der Waals surface area contributed by atoms with Crippen LogP contribution in [0, 0.1) is 12.7 Å². The van der Waals surface area contributed by atoms with Gasteiger partial charge < -0.3 is 4.90 Å². The van der Waals surface area contributed by atoms with Gasteiger partial charge in [-0.3, -0.25) is 4.79 Å². The molecule has 0 fully saturated rings. The number of nitrogens with zero attached hydrogens (tertiary/aromatic N) is 1. The summed E-state index contributed by atoms with van der Waals surface area (Å²) in [7, 11) is 0. The minimum absolute atomic E-state index is 0.0212. The number of carbonyl (C=O) groups is 1. The highest BCUT2D eigenvalue weighted by Crippen LogP contribution is 2.36. The van der Waals surface area contributed by atoms with Crippen LogP contribution in [0.2, 0.25) is 0 Å². The lowest BCUT2D eigenvalue weighted by atomic mass is 9.84. The molecular formula is C19H18FNO.